The fourth-order valence-electron chi connectivity index (χ4n) is 0.990. The van der Waals surface area contributed by atoms with Crippen LogP contribution in [-0.2, 0) is 9.53 Å². The molecule has 0 aliphatic carbocycles. The van der Waals surface area contributed by atoms with E-state index in [1.807, 2.05) is 0 Å². The normalized spacial score (nSPS) is 20.4. The largest absolute Gasteiger partial charge is 0.391 e. The summed E-state index contributed by atoms with van der Waals surface area (Å²) in [5.41, 5.74) is 0. The van der Waals surface area contributed by atoms with Crippen molar-refractivity contribution >= 4 is 6.29 Å². The Kier molecular flexibility index (Phi) is 5.81. The van der Waals surface area contributed by atoms with Crippen molar-refractivity contribution in [3.63, 3.8) is 0 Å². The zero-order chi connectivity index (χ0) is 10.4. The van der Waals surface area contributed by atoms with Gasteiger partial charge in [-0.15, -0.1) is 0 Å². The molecule has 0 heterocycles. The van der Waals surface area contributed by atoms with E-state index in [1.54, 1.807) is 6.92 Å². The third kappa shape index (κ3) is 3.82. The number of aliphatic hydroxyl groups is 3. The topological polar surface area (TPSA) is 87.0 Å². The predicted molar refractivity (Wildman–Crippen MR) is 45.2 cm³/mol. The fourth-order valence-corrected chi connectivity index (χ4v) is 0.990. The molecule has 5 nitrogen and oxygen atoms in total. The molecule has 0 aliphatic rings. The average Bonchev–Trinajstić information content (AvgIpc) is 2.11. The maximum Gasteiger partial charge on any atom is 0.151 e. The number of rotatable bonds is 6. The minimum absolute atomic E-state index is 0.207. The summed E-state index contributed by atoms with van der Waals surface area (Å²) in [7, 11) is 0. The van der Waals surface area contributed by atoms with Crippen LogP contribution in [0, 0.1) is 0 Å². The number of carbonyl (C=O) groups excluding carboxylic acids is 1. The van der Waals surface area contributed by atoms with Crippen molar-refractivity contribution in [2.75, 3.05) is 6.61 Å². The van der Waals surface area contributed by atoms with E-state index in [0.717, 1.165) is 0 Å². The van der Waals surface area contributed by atoms with Crippen LogP contribution in [0.4, 0.5) is 0 Å². The molecule has 5 heteroatoms. The van der Waals surface area contributed by atoms with Crippen LogP contribution in [0.25, 0.3) is 0 Å². The summed E-state index contributed by atoms with van der Waals surface area (Å²) < 4.78 is 4.97. The molecule has 0 aromatic carbocycles. The van der Waals surface area contributed by atoms with Crippen molar-refractivity contribution in [2.45, 2.75) is 38.3 Å². The standard InChI is InChI=1S/C8H16O5/c1-3-13-8(5(2)10)7(12)6(11)4-9/h4-8,10-12H,3H2,1-2H3/t5-,6+,7-,8+/m0/s1. The lowest BCUT2D eigenvalue weighted by atomic mass is 10.0. The van der Waals surface area contributed by atoms with Gasteiger partial charge in [0.2, 0.25) is 0 Å². The van der Waals surface area contributed by atoms with Crippen molar-refractivity contribution in [3.8, 4) is 0 Å². The van der Waals surface area contributed by atoms with Crippen LogP contribution in [0.3, 0.4) is 0 Å². The first-order valence-corrected chi connectivity index (χ1v) is 4.15. The number of aliphatic hydroxyl groups excluding tert-OH is 3. The highest BCUT2D eigenvalue weighted by Gasteiger charge is 2.30. The molecular weight excluding hydrogens is 176 g/mol. The molecule has 4 atom stereocenters. The van der Waals surface area contributed by atoms with E-state index in [-0.39, 0.29) is 12.9 Å². The molecule has 0 aliphatic heterocycles. The molecule has 0 spiro atoms. The van der Waals surface area contributed by atoms with Crippen molar-refractivity contribution in [1.29, 1.82) is 0 Å². The minimum Gasteiger partial charge on any atom is -0.391 e. The Morgan fingerprint density at radius 3 is 2.23 bits per heavy atom. The van der Waals surface area contributed by atoms with Gasteiger partial charge in [0.25, 0.3) is 0 Å². The van der Waals surface area contributed by atoms with Crippen molar-refractivity contribution in [3.05, 3.63) is 0 Å². The summed E-state index contributed by atoms with van der Waals surface area (Å²) in [6, 6.07) is 0. The SMILES string of the molecule is CCO[C@@H]([C@@H](O)[C@H](O)C=O)[C@H](C)O. The summed E-state index contributed by atoms with van der Waals surface area (Å²) in [5.74, 6) is 0. The smallest absolute Gasteiger partial charge is 0.151 e. The molecular formula is C8H16O5. The lowest BCUT2D eigenvalue weighted by molar-refractivity contribution is -0.141. The number of hydrogen-bond donors (Lipinski definition) is 3. The molecule has 13 heavy (non-hydrogen) atoms. The maximum absolute atomic E-state index is 10.1. The second kappa shape index (κ2) is 6.04. The second-order valence-corrected chi connectivity index (χ2v) is 2.78. The predicted octanol–water partition coefficient (Wildman–Crippen LogP) is -1.31. The first-order chi connectivity index (χ1) is 6.04. The van der Waals surface area contributed by atoms with Gasteiger partial charge in [-0.1, -0.05) is 0 Å². The highest BCUT2D eigenvalue weighted by atomic mass is 16.5. The van der Waals surface area contributed by atoms with Crippen LogP contribution in [0.1, 0.15) is 13.8 Å². The molecule has 3 N–H and O–H groups in total. The third-order valence-corrected chi connectivity index (χ3v) is 1.66. The van der Waals surface area contributed by atoms with Gasteiger partial charge in [0, 0.05) is 6.61 Å². The van der Waals surface area contributed by atoms with Gasteiger partial charge in [0.15, 0.2) is 6.29 Å². The van der Waals surface area contributed by atoms with E-state index in [9.17, 15) is 9.90 Å². The van der Waals surface area contributed by atoms with Crippen LogP contribution >= 0.6 is 0 Å². The first-order valence-electron chi connectivity index (χ1n) is 4.15. The zero-order valence-electron chi connectivity index (χ0n) is 7.75. The van der Waals surface area contributed by atoms with Gasteiger partial charge in [0.1, 0.15) is 18.3 Å². The lowest BCUT2D eigenvalue weighted by Gasteiger charge is -2.26. The first kappa shape index (κ1) is 12.5. The molecule has 0 fully saturated rings. The Morgan fingerprint density at radius 1 is 1.38 bits per heavy atom. The monoisotopic (exact) mass is 192 g/mol. The van der Waals surface area contributed by atoms with E-state index in [1.165, 1.54) is 6.92 Å². The Bertz CT molecular complexity index is 147. The van der Waals surface area contributed by atoms with Crippen LogP contribution in [0.15, 0.2) is 0 Å². The average molecular weight is 192 g/mol. The van der Waals surface area contributed by atoms with Gasteiger partial charge in [-0.2, -0.15) is 0 Å². The maximum atomic E-state index is 10.1. The lowest BCUT2D eigenvalue weighted by Crippen LogP contribution is -2.45. The molecule has 0 rings (SSSR count). The van der Waals surface area contributed by atoms with Gasteiger partial charge in [-0.3, -0.25) is 0 Å². The van der Waals surface area contributed by atoms with Crippen LogP contribution < -0.4 is 0 Å². The highest BCUT2D eigenvalue weighted by molar-refractivity contribution is 5.56. The minimum atomic E-state index is -1.52. The highest BCUT2D eigenvalue weighted by Crippen LogP contribution is 2.08. The summed E-state index contributed by atoms with van der Waals surface area (Å²) in [5, 5.41) is 27.4. The Hall–Kier alpha value is -0.490. The second-order valence-electron chi connectivity index (χ2n) is 2.78. The van der Waals surface area contributed by atoms with Crippen LogP contribution in [0.2, 0.25) is 0 Å². The summed E-state index contributed by atoms with van der Waals surface area (Å²) in [6.07, 6.45) is -4.59. The van der Waals surface area contributed by atoms with Gasteiger partial charge in [-0.25, -0.2) is 0 Å². The van der Waals surface area contributed by atoms with E-state index in [0.29, 0.717) is 0 Å². The number of aldehydes is 1. The van der Waals surface area contributed by atoms with E-state index in [4.69, 9.17) is 14.9 Å². The van der Waals surface area contributed by atoms with E-state index >= 15 is 0 Å². The Balaban J connectivity index is 4.26. The summed E-state index contributed by atoms with van der Waals surface area (Å²) in [6.45, 7) is 3.40. The van der Waals surface area contributed by atoms with Crippen molar-refractivity contribution in [2.24, 2.45) is 0 Å². The quantitative estimate of drug-likeness (QED) is 0.455. The number of hydrogen-bond acceptors (Lipinski definition) is 5. The van der Waals surface area contributed by atoms with E-state index in [2.05, 4.69) is 0 Å². The molecule has 0 aromatic heterocycles. The van der Waals surface area contributed by atoms with Crippen LogP contribution in [-0.4, -0.2) is 52.6 Å². The molecule has 0 amide bonds. The molecule has 0 saturated heterocycles. The van der Waals surface area contributed by atoms with Crippen LogP contribution in [0.5, 0.6) is 0 Å². The molecule has 0 radical (unpaired) electrons. The molecule has 78 valence electrons. The van der Waals surface area contributed by atoms with Gasteiger partial charge in [0.05, 0.1) is 6.10 Å². The van der Waals surface area contributed by atoms with Crippen molar-refractivity contribution < 1.29 is 24.9 Å². The fraction of sp³-hybridized carbons (Fsp3) is 0.875. The Labute approximate surface area is 77.0 Å². The molecule has 0 unspecified atom stereocenters. The summed E-state index contributed by atoms with van der Waals surface area (Å²) >= 11 is 0. The third-order valence-electron chi connectivity index (χ3n) is 1.66. The van der Waals surface area contributed by atoms with Crippen molar-refractivity contribution in [1.82, 2.24) is 0 Å². The van der Waals surface area contributed by atoms with Gasteiger partial charge >= 0.3 is 0 Å². The summed E-state index contributed by atoms with van der Waals surface area (Å²) in [4.78, 5) is 10.1. The van der Waals surface area contributed by atoms with Gasteiger partial charge in [-0.05, 0) is 13.8 Å². The number of ether oxygens (including phenoxy) is 1. The molecule has 0 bridgehead atoms. The number of carbonyl (C=O) groups is 1. The molecule has 0 saturated carbocycles. The zero-order valence-corrected chi connectivity index (χ0v) is 7.75. The Morgan fingerprint density at radius 2 is 1.92 bits per heavy atom. The van der Waals surface area contributed by atoms with Gasteiger partial charge < -0.3 is 24.9 Å². The van der Waals surface area contributed by atoms with E-state index < -0.39 is 24.4 Å². The molecule has 0 aromatic rings.